The number of amides is 1. The number of rotatable bonds is 6. The number of carbonyl (C=O) groups is 2. The van der Waals surface area contributed by atoms with E-state index in [1.807, 2.05) is 0 Å². The Morgan fingerprint density at radius 1 is 1.32 bits per heavy atom. The third-order valence-corrected chi connectivity index (χ3v) is 3.44. The van der Waals surface area contributed by atoms with Crippen LogP contribution in [0, 0.1) is 5.41 Å². The van der Waals surface area contributed by atoms with Crippen molar-refractivity contribution < 1.29 is 14.7 Å². The quantitative estimate of drug-likeness (QED) is 0.715. The summed E-state index contributed by atoms with van der Waals surface area (Å²) in [5.41, 5.74) is -0.942. The van der Waals surface area contributed by atoms with Gasteiger partial charge in [-0.15, -0.1) is 0 Å². The molecule has 1 amide bonds. The molecular weight excluding hydrogens is 248 g/mol. The van der Waals surface area contributed by atoms with Gasteiger partial charge in [-0.2, -0.15) is 0 Å². The molecule has 0 saturated heterocycles. The van der Waals surface area contributed by atoms with Crippen molar-refractivity contribution in [2.45, 2.75) is 26.7 Å². The van der Waals surface area contributed by atoms with Crippen LogP contribution in [0.2, 0.25) is 0 Å². The first-order valence-electron chi connectivity index (χ1n) is 6.15. The topological polar surface area (TPSA) is 99.3 Å². The van der Waals surface area contributed by atoms with Gasteiger partial charge in [0.1, 0.15) is 0 Å². The maximum atomic E-state index is 11.8. The zero-order chi connectivity index (χ0) is 14.5. The van der Waals surface area contributed by atoms with E-state index in [9.17, 15) is 19.5 Å². The zero-order valence-electron chi connectivity index (χ0n) is 11.0. The summed E-state index contributed by atoms with van der Waals surface area (Å²) in [7, 11) is 0. The minimum Gasteiger partial charge on any atom is -0.481 e. The molecular formula is C13H18N2O4. The highest BCUT2D eigenvalue weighted by Gasteiger charge is 2.35. The Hall–Kier alpha value is -2.11. The molecule has 0 bridgehead atoms. The molecule has 1 aromatic heterocycles. The third kappa shape index (κ3) is 3.43. The van der Waals surface area contributed by atoms with Crippen LogP contribution >= 0.6 is 0 Å². The van der Waals surface area contributed by atoms with Crippen LogP contribution in [0.4, 0.5) is 0 Å². The van der Waals surface area contributed by atoms with Crippen molar-refractivity contribution in [3.63, 3.8) is 0 Å². The van der Waals surface area contributed by atoms with Gasteiger partial charge in [0.15, 0.2) is 0 Å². The monoisotopic (exact) mass is 266 g/mol. The maximum Gasteiger partial charge on any atom is 0.311 e. The summed E-state index contributed by atoms with van der Waals surface area (Å²) in [5, 5.41) is 11.8. The number of carbonyl (C=O) groups excluding carboxylic acids is 1. The van der Waals surface area contributed by atoms with Crippen molar-refractivity contribution >= 4 is 11.9 Å². The van der Waals surface area contributed by atoms with Crippen molar-refractivity contribution in [2.75, 3.05) is 6.54 Å². The molecule has 0 aliphatic carbocycles. The maximum absolute atomic E-state index is 11.8. The van der Waals surface area contributed by atoms with E-state index in [2.05, 4.69) is 10.3 Å². The lowest BCUT2D eigenvalue weighted by Gasteiger charge is -2.26. The SMILES string of the molecule is CCC(CC)(CNC(=O)c1ccc(=O)[nH]c1)C(=O)O. The van der Waals surface area contributed by atoms with E-state index in [0.717, 1.165) is 0 Å². The van der Waals surface area contributed by atoms with Crippen LogP contribution in [0.1, 0.15) is 37.0 Å². The van der Waals surface area contributed by atoms with Gasteiger partial charge in [-0.05, 0) is 18.9 Å². The molecule has 0 unspecified atom stereocenters. The van der Waals surface area contributed by atoms with Gasteiger partial charge in [-0.1, -0.05) is 13.8 Å². The van der Waals surface area contributed by atoms with Crippen LogP contribution in [0.25, 0.3) is 0 Å². The first-order valence-corrected chi connectivity index (χ1v) is 6.15. The average molecular weight is 266 g/mol. The van der Waals surface area contributed by atoms with Crippen LogP contribution in [0.15, 0.2) is 23.1 Å². The van der Waals surface area contributed by atoms with Crippen molar-refractivity contribution in [1.29, 1.82) is 0 Å². The van der Waals surface area contributed by atoms with E-state index in [4.69, 9.17) is 0 Å². The Kier molecular flexibility index (Phi) is 4.86. The number of aliphatic carboxylic acids is 1. The Bertz CT molecular complexity index is 497. The molecule has 3 N–H and O–H groups in total. The minimum absolute atomic E-state index is 0.0628. The Labute approximate surface area is 110 Å². The molecule has 0 aromatic carbocycles. The van der Waals surface area contributed by atoms with Crippen molar-refractivity contribution in [3.8, 4) is 0 Å². The molecule has 0 spiro atoms. The number of pyridine rings is 1. The molecule has 6 nitrogen and oxygen atoms in total. The molecule has 0 fully saturated rings. The number of hydrogen-bond donors (Lipinski definition) is 3. The summed E-state index contributed by atoms with van der Waals surface area (Å²) in [4.78, 5) is 36.4. The first-order chi connectivity index (χ1) is 8.95. The molecule has 0 radical (unpaired) electrons. The number of nitrogens with one attached hydrogen (secondary N) is 2. The van der Waals surface area contributed by atoms with Crippen LogP contribution in [0.3, 0.4) is 0 Å². The second kappa shape index (κ2) is 6.17. The molecule has 0 aliphatic rings. The smallest absolute Gasteiger partial charge is 0.311 e. The van der Waals surface area contributed by atoms with Gasteiger partial charge >= 0.3 is 5.97 Å². The Balaban J connectivity index is 2.75. The fourth-order valence-electron chi connectivity index (χ4n) is 1.78. The number of carboxylic acids is 1. The van der Waals surface area contributed by atoms with E-state index < -0.39 is 17.3 Å². The highest BCUT2D eigenvalue weighted by atomic mass is 16.4. The molecule has 1 aromatic rings. The van der Waals surface area contributed by atoms with E-state index >= 15 is 0 Å². The van der Waals surface area contributed by atoms with Gasteiger partial charge < -0.3 is 15.4 Å². The second-order valence-electron chi connectivity index (χ2n) is 4.42. The standard InChI is InChI=1S/C13H18N2O4/c1-3-13(4-2,12(18)19)8-15-11(17)9-5-6-10(16)14-7-9/h5-7H,3-4,8H2,1-2H3,(H,14,16)(H,15,17)(H,18,19). The van der Waals surface area contributed by atoms with Crippen LogP contribution in [-0.2, 0) is 4.79 Å². The van der Waals surface area contributed by atoms with Crippen molar-refractivity contribution in [2.24, 2.45) is 5.41 Å². The highest BCUT2D eigenvalue weighted by Crippen LogP contribution is 2.25. The molecule has 104 valence electrons. The summed E-state index contributed by atoms with van der Waals surface area (Å²) in [6, 6.07) is 2.65. The normalized spacial score (nSPS) is 11.1. The third-order valence-electron chi connectivity index (χ3n) is 3.44. The average Bonchev–Trinajstić information content (AvgIpc) is 2.40. The van der Waals surface area contributed by atoms with Crippen LogP contribution in [0.5, 0.6) is 0 Å². The van der Waals surface area contributed by atoms with E-state index in [1.54, 1.807) is 13.8 Å². The number of H-pyrrole nitrogens is 1. The second-order valence-corrected chi connectivity index (χ2v) is 4.42. The minimum atomic E-state index is -0.947. The van der Waals surface area contributed by atoms with Gasteiger partial charge in [0, 0.05) is 18.8 Å². The molecule has 0 aliphatic heterocycles. The number of aromatic nitrogens is 1. The van der Waals surface area contributed by atoms with Crippen LogP contribution < -0.4 is 10.9 Å². The summed E-state index contributed by atoms with van der Waals surface area (Å²) in [6.45, 7) is 3.63. The molecule has 1 rings (SSSR count). The molecule has 19 heavy (non-hydrogen) atoms. The number of aromatic amines is 1. The van der Waals surface area contributed by atoms with E-state index in [-0.39, 0.29) is 12.1 Å². The number of carboxylic acid groups (broad SMARTS) is 1. The summed E-state index contributed by atoms with van der Waals surface area (Å²) in [5.74, 6) is -1.32. The van der Waals surface area contributed by atoms with Crippen molar-refractivity contribution in [1.82, 2.24) is 10.3 Å². The molecule has 6 heteroatoms. The van der Waals surface area contributed by atoms with Crippen LogP contribution in [-0.4, -0.2) is 28.5 Å². The molecule has 1 heterocycles. The number of hydrogen-bond acceptors (Lipinski definition) is 3. The van der Waals surface area contributed by atoms with Crippen molar-refractivity contribution in [3.05, 3.63) is 34.2 Å². The predicted octanol–water partition coefficient (Wildman–Crippen LogP) is 0.996. The van der Waals surface area contributed by atoms with E-state index in [0.29, 0.717) is 18.4 Å². The van der Waals surface area contributed by atoms with Gasteiger partial charge in [-0.3, -0.25) is 14.4 Å². The molecule has 0 saturated carbocycles. The zero-order valence-corrected chi connectivity index (χ0v) is 11.0. The summed E-state index contributed by atoms with van der Waals surface area (Å²) < 4.78 is 0. The fourth-order valence-corrected chi connectivity index (χ4v) is 1.78. The van der Waals surface area contributed by atoms with Gasteiger partial charge in [0.05, 0.1) is 11.0 Å². The largest absolute Gasteiger partial charge is 0.481 e. The highest BCUT2D eigenvalue weighted by molar-refractivity contribution is 5.94. The lowest BCUT2D eigenvalue weighted by Crippen LogP contribution is -2.42. The predicted molar refractivity (Wildman–Crippen MR) is 70.0 cm³/mol. The van der Waals surface area contributed by atoms with Gasteiger partial charge in [-0.25, -0.2) is 0 Å². The lowest BCUT2D eigenvalue weighted by molar-refractivity contribution is -0.149. The van der Waals surface area contributed by atoms with Gasteiger partial charge in [0.25, 0.3) is 5.91 Å². The fraction of sp³-hybridized carbons (Fsp3) is 0.462. The Morgan fingerprint density at radius 3 is 2.37 bits per heavy atom. The Morgan fingerprint density at radius 2 is 1.95 bits per heavy atom. The molecule has 0 atom stereocenters. The van der Waals surface area contributed by atoms with Gasteiger partial charge in [0.2, 0.25) is 5.56 Å². The lowest BCUT2D eigenvalue weighted by atomic mass is 9.82. The summed E-state index contributed by atoms with van der Waals surface area (Å²) in [6.07, 6.45) is 2.17. The summed E-state index contributed by atoms with van der Waals surface area (Å²) >= 11 is 0. The van der Waals surface area contributed by atoms with E-state index in [1.165, 1.54) is 18.3 Å². The first kappa shape index (κ1) is 14.9.